The van der Waals surface area contributed by atoms with E-state index in [2.05, 4.69) is 20.8 Å². The van der Waals surface area contributed by atoms with E-state index in [9.17, 15) is 9.00 Å². The third-order valence-electron chi connectivity index (χ3n) is 6.50. The first-order valence-corrected chi connectivity index (χ1v) is 10.1. The summed E-state index contributed by atoms with van der Waals surface area (Å²) in [5.41, 5.74) is 1.80. The molecule has 0 radical (unpaired) electrons. The fourth-order valence-electron chi connectivity index (χ4n) is 4.53. The minimum absolute atomic E-state index is 0.00714. The molecule has 2 aliphatic rings. The summed E-state index contributed by atoms with van der Waals surface area (Å²) in [6.07, 6.45) is 5.04. The number of hydrogen-bond acceptors (Lipinski definition) is 3. The van der Waals surface area contributed by atoms with Gasteiger partial charge in [-0.05, 0) is 48.3 Å². The van der Waals surface area contributed by atoms with E-state index in [4.69, 9.17) is 4.74 Å². The summed E-state index contributed by atoms with van der Waals surface area (Å²) in [6.45, 7) is 6.90. The van der Waals surface area contributed by atoms with Crippen molar-refractivity contribution >= 4 is 16.8 Å². The van der Waals surface area contributed by atoms with Crippen LogP contribution in [-0.4, -0.2) is 22.5 Å². The van der Waals surface area contributed by atoms with Crippen molar-refractivity contribution in [1.29, 1.82) is 0 Å². The molecule has 4 heteroatoms. The molecule has 0 unspecified atom stereocenters. The van der Waals surface area contributed by atoms with Gasteiger partial charge in [0.25, 0.3) is 0 Å². The molecule has 2 bridgehead atoms. The van der Waals surface area contributed by atoms with Crippen LogP contribution in [0.1, 0.15) is 56.0 Å². The summed E-state index contributed by atoms with van der Waals surface area (Å²) in [5, 5.41) is 0. The van der Waals surface area contributed by atoms with Gasteiger partial charge in [0, 0.05) is 28.2 Å². The number of benzene rings is 1. The predicted octanol–water partition coefficient (Wildman–Crippen LogP) is 3.94. The molecule has 0 N–H and O–H groups in total. The smallest absolute Gasteiger partial charge is 0.338 e. The monoisotopic (exact) mass is 334 g/mol. The van der Waals surface area contributed by atoms with E-state index in [0.29, 0.717) is 17.2 Å². The third kappa shape index (κ3) is 2.75. The quantitative estimate of drug-likeness (QED) is 0.784. The van der Waals surface area contributed by atoms with Crippen LogP contribution in [0.5, 0.6) is 0 Å². The summed E-state index contributed by atoms with van der Waals surface area (Å²) < 4.78 is 17.3. The second kappa shape index (κ2) is 5.73. The molecule has 4 atom stereocenters. The molecule has 1 aromatic rings. The van der Waals surface area contributed by atoms with Gasteiger partial charge in [0.2, 0.25) is 0 Å². The average Bonchev–Trinajstić information content (AvgIpc) is 2.80. The van der Waals surface area contributed by atoms with E-state index in [0.717, 1.165) is 18.4 Å². The Labute approximate surface area is 141 Å². The maximum absolute atomic E-state index is 12.6. The molecule has 3 rings (SSSR count). The lowest BCUT2D eigenvalue weighted by Crippen LogP contribution is -2.38. The number of fused-ring (bicyclic) bond motifs is 2. The number of carbonyl (C=O) groups excluding carboxylic acids is 1. The number of ether oxygens (including phenoxy) is 1. The zero-order valence-corrected chi connectivity index (χ0v) is 15.2. The normalized spacial score (nSPS) is 32.7. The molecule has 0 amide bonds. The first-order chi connectivity index (χ1) is 10.7. The predicted molar refractivity (Wildman–Crippen MR) is 92.6 cm³/mol. The highest BCUT2D eigenvalue weighted by Crippen LogP contribution is 2.66. The van der Waals surface area contributed by atoms with E-state index in [1.165, 1.54) is 6.42 Å². The van der Waals surface area contributed by atoms with E-state index in [1.54, 1.807) is 12.3 Å². The van der Waals surface area contributed by atoms with Gasteiger partial charge in [0.1, 0.15) is 6.10 Å². The molecule has 2 saturated carbocycles. The molecular formula is C19H26O3S. The molecule has 23 heavy (non-hydrogen) atoms. The highest BCUT2D eigenvalue weighted by molar-refractivity contribution is 7.83. The first-order valence-electron chi connectivity index (χ1n) is 8.34. The minimum atomic E-state index is -0.913. The summed E-state index contributed by atoms with van der Waals surface area (Å²) in [5.74, 6) is 0.875. The second-order valence-electron chi connectivity index (χ2n) is 7.92. The molecule has 0 spiro atoms. The molecule has 0 aromatic heterocycles. The standard InChI is InChI=1S/C19H26O3S/c1-18(2)15-8-9-19(18,3)16(11-15)22-17(20)14-7-5-6-13(10-14)12-23(4)21/h5-7,10,15-16H,8-9,11-12H2,1-4H3/t15-,16-,19-,23+/m1/s1. The summed E-state index contributed by atoms with van der Waals surface area (Å²) >= 11 is 0. The van der Waals surface area contributed by atoms with E-state index < -0.39 is 10.8 Å². The van der Waals surface area contributed by atoms with Crippen LogP contribution in [0.15, 0.2) is 24.3 Å². The lowest BCUT2D eigenvalue weighted by Gasteiger charge is -2.38. The Bertz CT molecular complexity index is 652. The minimum Gasteiger partial charge on any atom is -0.458 e. The summed E-state index contributed by atoms with van der Waals surface area (Å²) in [4.78, 5) is 12.6. The molecule has 0 heterocycles. The van der Waals surface area contributed by atoms with Crippen LogP contribution in [0.2, 0.25) is 0 Å². The molecule has 2 fully saturated rings. The topological polar surface area (TPSA) is 43.4 Å². The van der Waals surface area contributed by atoms with Gasteiger partial charge in [-0.25, -0.2) is 4.79 Å². The summed E-state index contributed by atoms with van der Waals surface area (Å²) in [6, 6.07) is 7.33. The van der Waals surface area contributed by atoms with Crippen molar-refractivity contribution < 1.29 is 13.7 Å². The van der Waals surface area contributed by atoms with Crippen LogP contribution in [0, 0.1) is 16.7 Å². The van der Waals surface area contributed by atoms with Crippen LogP contribution >= 0.6 is 0 Å². The summed E-state index contributed by atoms with van der Waals surface area (Å²) in [7, 11) is -0.913. The van der Waals surface area contributed by atoms with Crippen molar-refractivity contribution in [1.82, 2.24) is 0 Å². The number of esters is 1. The highest BCUT2D eigenvalue weighted by atomic mass is 32.2. The molecule has 1 aromatic carbocycles. The Morgan fingerprint density at radius 1 is 1.35 bits per heavy atom. The number of rotatable bonds is 4. The van der Waals surface area contributed by atoms with Gasteiger partial charge < -0.3 is 4.74 Å². The number of hydrogen-bond donors (Lipinski definition) is 0. The molecule has 2 aliphatic carbocycles. The van der Waals surface area contributed by atoms with Gasteiger partial charge in [-0.1, -0.05) is 32.9 Å². The molecule has 0 saturated heterocycles. The Hall–Kier alpha value is -1.16. The zero-order valence-electron chi connectivity index (χ0n) is 14.4. The second-order valence-corrected chi connectivity index (χ2v) is 9.36. The third-order valence-corrected chi connectivity index (χ3v) is 7.24. The van der Waals surface area contributed by atoms with Crippen molar-refractivity contribution in [2.45, 2.75) is 51.9 Å². The maximum atomic E-state index is 12.6. The van der Waals surface area contributed by atoms with Crippen LogP contribution in [0.25, 0.3) is 0 Å². The Morgan fingerprint density at radius 3 is 2.65 bits per heavy atom. The molecule has 3 nitrogen and oxygen atoms in total. The van der Waals surface area contributed by atoms with Crippen LogP contribution < -0.4 is 0 Å². The lowest BCUT2D eigenvalue weighted by atomic mass is 9.70. The fraction of sp³-hybridized carbons (Fsp3) is 0.632. The Kier molecular flexibility index (Phi) is 4.16. The largest absolute Gasteiger partial charge is 0.458 e. The van der Waals surface area contributed by atoms with Crippen molar-refractivity contribution in [3.8, 4) is 0 Å². The van der Waals surface area contributed by atoms with E-state index in [-0.39, 0.29) is 22.9 Å². The Balaban J connectivity index is 1.75. The van der Waals surface area contributed by atoms with Gasteiger partial charge in [-0.15, -0.1) is 0 Å². The van der Waals surface area contributed by atoms with Gasteiger partial charge in [0.05, 0.1) is 5.56 Å². The maximum Gasteiger partial charge on any atom is 0.338 e. The van der Waals surface area contributed by atoms with Gasteiger partial charge in [0.15, 0.2) is 0 Å². The fourth-order valence-corrected chi connectivity index (χ4v) is 5.18. The van der Waals surface area contributed by atoms with Gasteiger partial charge in [-0.2, -0.15) is 0 Å². The zero-order chi connectivity index (χ0) is 16.8. The lowest BCUT2D eigenvalue weighted by molar-refractivity contribution is -0.0242. The van der Waals surface area contributed by atoms with Gasteiger partial charge >= 0.3 is 5.97 Å². The van der Waals surface area contributed by atoms with E-state index in [1.807, 2.05) is 18.2 Å². The SMILES string of the molecule is C[S@](=O)Cc1cccc(C(=O)O[C@@H]2C[C@H]3CC[C@@]2(C)C3(C)C)c1. The van der Waals surface area contributed by atoms with E-state index >= 15 is 0 Å². The van der Waals surface area contributed by atoms with Crippen molar-refractivity contribution in [2.24, 2.45) is 16.7 Å². The van der Waals surface area contributed by atoms with Crippen molar-refractivity contribution in [3.05, 3.63) is 35.4 Å². The molecule has 0 aliphatic heterocycles. The van der Waals surface area contributed by atoms with Gasteiger partial charge in [-0.3, -0.25) is 4.21 Å². The first kappa shape index (κ1) is 16.7. The van der Waals surface area contributed by atoms with Crippen LogP contribution in [0.3, 0.4) is 0 Å². The molecule has 126 valence electrons. The average molecular weight is 334 g/mol. The van der Waals surface area contributed by atoms with Crippen LogP contribution in [0.4, 0.5) is 0 Å². The number of carbonyl (C=O) groups is 1. The Morgan fingerprint density at radius 2 is 2.09 bits per heavy atom. The highest BCUT2D eigenvalue weighted by Gasteiger charge is 2.62. The van der Waals surface area contributed by atoms with Crippen molar-refractivity contribution in [3.63, 3.8) is 0 Å². The molecular weight excluding hydrogens is 308 g/mol. The van der Waals surface area contributed by atoms with Crippen molar-refractivity contribution in [2.75, 3.05) is 6.26 Å². The van der Waals surface area contributed by atoms with Crippen LogP contribution in [-0.2, 0) is 21.3 Å².